The molecule has 1 heterocycles. The number of fused-ring (bicyclic) bond motifs is 1. The van der Waals surface area contributed by atoms with Crippen molar-refractivity contribution in [2.45, 2.75) is 6.04 Å². The van der Waals surface area contributed by atoms with E-state index in [4.69, 9.17) is 4.74 Å². The van der Waals surface area contributed by atoms with Crippen molar-refractivity contribution in [2.75, 3.05) is 12.4 Å². The van der Waals surface area contributed by atoms with Crippen molar-refractivity contribution >= 4 is 28.3 Å². The Kier molecular flexibility index (Phi) is 5.67. The Morgan fingerprint density at radius 2 is 1.66 bits per heavy atom. The average Bonchev–Trinajstić information content (AvgIpc) is 2.81. The highest BCUT2D eigenvalue weighted by Crippen LogP contribution is 2.23. The molecular weight excluding hydrogens is 410 g/mol. The molecule has 8 heteroatoms. The van der Waals surface area contributed by atoms with Gasteiger partial charge in [-0.1, -0.05) is 54.6 Å². The third kappa shape index (κ3) is 3.93. The van der Waals surface area contributed by atoms with Gasteiger partial charge in [-0.25, -0.2) is 9.48 Å². The number of nitrogens with zero attached hydrogens (tertiary/aromatic N) is 2. The first-order valence-electron chi connectivity index (χ1n) is 9.74. The monoisotopic (exact) mass is 429 g/mol. The van der Waals surface area contributed by atoms with E-state index in [-0.39, 0.29) is 16.5 Å². The fourth-order valence-electron chi connectivity index (χ4n) is 3.49. The van der Waals surface area contributed by atoms with Gasteiger partial charge in [0.25, 0.3) is 11.5 Å². The number of ether oxygens (including phenoxy) is 1. The number of amides is 1. The summed E-state index contributed by atoms with van der Waals surface area (Å²) in [5.41, 5.74) is 0.0623. The summed E-state index contributed by atoms with van der Waals surface area (Å²) in [7, 11) is 1.51. The van der Waals surface area contributed by atoms with E-state index < -0.39 is 23.5 Å². The van der Waals surface area contributed by atoms with Gasteiger partial charge in [0, 0.05) is 17.1 Å². The topological polar surface area (TPSA) is 111 Å². The second kappa shape index (κ2) is 8.73. The summed E-state index contributed by atoms with van der Waals surface area (Å²) in [4.78, 5) is 38.5. The Bertz CT molecular complexity index is 1370. The molecule has 32 heavy (non-hydrogen) atoms. The van der Waals surface area contributed by atoms with E-state index in [1.165, 1.54) is 19.2 Å². The molecule has 0 aliphatic carbocycles. The number of carbonyl (C=O) groups is 2. The molecule has 1 amide bonds. The standard InChI is InChI=1S/C24H19N3O5/c1-32-17-11-7-10-16(14-17)25-22(28)21(15-8-3-2-4-9-15)27-23(29)19-13-6-5-12-18(19)20(26-27)24(30)31/h2-14,21H,1H3,(H,25,28)(H,30,31). The number of benzene rings is 3. The summed E-state index contributed by atoms with van der Waals surface area (Å²) in [6, 6.07) is 20.5. The number of aromatic carboxylic acids is 1. The fraction of sp³-hybridized carbons (Fsp3) is 0.0833. The van der Waals surface area contributed by atoms with Gasteiger partial charge >= 0.3 is 5.97 Å². The Balaban J connectivity index is 1.89. The molecule has 1 aromatic heterocycles. The van der Waals surface area contributed by atoms with Crippen LogP contribution in [-0.2, 0) is 4.79 Å². The first-order valence-corrected chi connectivity index (χ1v) is 9.74. The van der Waals surface area contributed by atoms with E-state index in [1.807, 2.05) is 0 Å². The summed E-state index contributed by atoms with van der Waals surface area (Å²) in [6.07, 6.45) is 0. The minimum Gasteiger partial charge on any atom is -0.497 e. The van der Waals surface area contributed by atoms with Crippen molar-refractivity contribution in [1.29, 1.82) is 0 Å². The van der Waals surface area contributed by atoms with Crippen molar-refractivity contribution in [1.82, 2.24) is 9.78 Å². The molecule has 0 spiro atoms. The molecule has 2 N–H and O–H groups in total. The predicted octanol–water partition coefficient (Wildman–Crippen LogP) is 3.33. The summed E-state index contributed by atoms with van der Waals surface area (Å²) in [6.45, 7) is 0. The smallest absolute Gasteiger partial charge is 0.357 e. The Morgan fingerprint density at radius 1 is 0.969 bits per heavy atom. The molecule has 160 valence electrons. The Labute approximate surface area is 182 Å². The second-order valence-electron chi connectivity index (χ2n) is 6.98. The van der Waals surface area contributed by atoms with Crippen LogP contribution in [0.5, 0.6) is 5.75 Å². The van der Waals surface area contributed by atoms with E-state index >= 15 is 0 Å². The molecule has 0 aliphatic heterocycles. The zero-order valence-electron chi connectivity index (χ0n) is 17.1. The molecule has 1 atom stereocenters. The van der Waals surface area contributed by atoms with Crippen LogP contribution in [0, 0.1) is 0 Å². The molecule has 1 unspecified atom stereocenters. The lowest BCUT2D eigenvalue weighted by Gasteiger charge is -2.20. The number of aromatic nitrogens is 2. The van der Waals surface area contributed by atoms with Crippen molar-refractivity contribution in [3.05, 3.63) is 100 Å². The molecule has 4 aromatic rings. The normalized spacial score (nSPS) is 11.7. The lowest BCUT2D eigenvalue weighted by molar-refractivity contribution is -0.118. The zero-order chi connectivity index (χ0) is 22.7. The van der Waals surface area contributed by atoms with Gasteiger partial charge in [0.15, 0.2) is 11.7 Å². The Morgan fingerprint density at radius 3 is 2.34 bits per heavy atom. The van der Waals surface area contributed by atoms with Crippen molar-refractivity contribution in [2.24, 2.45) is 0 Å². The maximum atomic E-state index is 13.4. The maximum Gasteiger partial charge on any atom is 0.357 e. The van der Waals surface area contributed by atoms with Crippen LogP contribution in [0.25, 0.3) is 10.8 Å². The summed E-state index contributed by atoms with van der Waals surface area (Å²) in [5.74, 6) is -1.30. The van der Waals surface area contributed by atoms with Gasteiger partial charge in [-0.3, -0.25) is 9.59 Å². The number of anilines is 1. The Hall–Kier alpha value is -4.46. The quantitative estimate of drug-likeness (QED) is 0.486. The van der Waals surface area contributed by atoms with Gasteiger partial charge in [-0.15, -0.1) is 0 Å². The summed E-state index contributed by atoms with van der Waals surface area (Å²) in [5, 5.41) is 16.9. The molecule has 0 saturated heterocycles. The number of hydrogen-bond acceptors (Lipinski definition) is 5. The molecule has 0 radical (unpaired) electrons. The lowest BCUT2D eigenvalue weighted by atomic mass is 10.1. The lowest BCUT2D eigenvalue weighted by Crippen LogP contribution is -2.37. The van der Waals surface area contributed by atoms with Crippen LogP contribution in [0.4, 0.5) is 5.69 Å². The van der Waals surface area contributed by atoms with Gasteiger partial charge < -0.3 is 15.2 Å². The van der Waals surface area contributed by atoms with Crippen LogP contribution in [0.3, 0.4) is 0 Å². The van der Waals surface area contributed by atoms with Crippen molar-refractivity contribution in [3.63, 3.8) is 0 Å². The van der Waals surface area contributed by atoms with Gasteiger partial charge in [-0.05, 0) is 23.8 Å². The summed E-state index contributed by atoms with van der Waals surface area (Å²) < 4.78 is 6.12. The van der Waals surface area contributed by atoms with E-state index in [9.17, 15) is 19.5 Å². The highest BCUT2D eigenvalue weighted by Gasteiger charge is 2.28. The van der Waals surface area contributed by atoms with Crippen molar-refractivity contribution in [3.8, 4) is 5.75 Å². The number of carboxylic acids is 1. The van der Waals surface area contributed by atoms with Gasteiger partial charge in [-0.2, -0.15) is 5.10 Å². The second-order valence-corrected chi connectivity index (χ2v) is 6.98. The van der Waals surface area contributed by atoms with Crippen LogP contribution in [0.1, 0.15) is 22.1 Å². The molecule has 8 nitrogen and oxygen atoms in total. The van der Waals surface area contributed by atoms with Crippen LogP contribution >= 0.6 is 0 Å². The average molecular weight is 429 g/mol. The van der Waals surface area contributed by atoms with Crippen LogP contribution in [-0.4, -0.2) is 33.9 Å². The van der Waals surface area contributed by atoms with Gasteiger partial charge in [0.2, 0.25) is 0 Å². The van der Waals surface area contributed by atoms with Crippen LogP contribution < -0.4 is 15.6 Å². The highest BCUT2D eigenvalue weighted by molar-refractivity contribution is 6.01. The van der Waals surface area contributed by atoms with E-state index in [2.05, 4.69) is 10.4 Å². The van der Waals surface area contributed by atoms with Crippen LogP contribution in [0.2, 0.25) is 0 Å². The van der Waals surface area contributed by atoms with Crippen molar-refractivity contribution < 1.29 is 19.4 Å². The zero-order valence-corrected chi connectivity index (χ0v) is 17.1. The number of hydrogen-bond donors (Lipinski definition) is 2. The van der Waals surface area contributed by atoms with Gasteiger partial charge in [0.05, 0.1) is 12.5 Å². The predicted molar refractivity (Wildman–Crippen MR) is 119 cm³/mol. The first-order chi connectivity index (χ1) is 15.5. The molecule has 3 aromatic carbocycles. The molecule has 0 saturated carbocycles. The van der Waals surface area contributed by atoms with E-state index in [0.29, 0.717) is 17.0 Å². The number of rotatable bonds is 6. The molecule has 0 fully saturated rings. The molecule has 0 bridgehead atoms. The summed E-state index contributed by atoms with van der Waals surface area (Å²) >= 11 is 0. The molecular formula is C24H19N3O5. The van der Waals surface area contributed by atoms with E-state index in [1.54, 1.807) is 66.7 Å². The maximum absolute atomic E-state index is 13.4. The third-order valence-corrected chi connectivity index (χ3v) is 4.98. The van der Waals surface area contributed by atoms with Gasteiger partial charge in [0.1, 0.15) is 5.75 Å². The van der Waals surface area contributed by atoms with E-state index in [0.717, 1.165) is 4.68 Å². The fourth-order valence-corrected chi connectivity index (χ4v) is 3.49. The molecule has 0 aliphatic rings. The minimum atomic E-state index is -1.30. The SMILES string of the molecule is COc1cccc(NC(=O)C(c2ccccc2)n2nc(C(=O)O)c3ccccc3c2=O)c1. The number of carbonyl (C=O) groups excluding carboxylic acids is 1. The highest BCUT2D eigenvalue weighted by atomic mass is 16.5. The first kappa shape index (κ1) is 20.8. The third-order valence-electron chi connectivity index (χ3n) is 4.98. The number of carboxylic acid groups (broad SMARTS) is 1. The largest absolute Gasteiger partial charge is 0.497 e. The van der Waals surface area contributed by atoms with Crippen LogP contribution in [0.15, 0.2) is 83.7 Å². The molecule has 4 rings (SSSR count). The number of methoxy groups -OCH3 is 1. The minimum absolute atomic E-state index is 0.162. The number of nitrogens with one attached hydrogen (secondary N) is 1.